The van der Waals surface area contributed by atoms with Crippen molar-refractivity contribution in [1.29, 1.82) is 0 Å². The average molecular weight is 263 g/mol. The molecule has 2 aromatic carbocycles. The Hall–Kier alpha value is -1.89. The summed E-state index contributed by atoms with van der Waals surface area (Å²) in [6.07, 6.45) is 6.61. The zero-order valence-electron chi connectivity index (χ0n) is 11.8. The van der Waals surface area contributed by atoms with Crippen molar-refractivity contribution in [3.63, 3.8) is 0 Å². The molecule has 102 valence electrons. The first-order valence-corrected chi connectivity index (χ1v) is 7.62. The number of para-hydroxylation sites is 1. The van der Waals surface area contributed by atoms with Gasteiger partial charge in [0.1, 0.15) is 0 Å². The van der Waals surface area contributed by atoms with Gasteiger partial charge >= 0.3 is 0 Å². The van der Waals surface area contributed by atoms with Crippen molar-refractivity contribution >= 4 is 11.4 Å². The number of aliphatic imine (C=N–C) groups is 1. The summed E-state index contributed by atoms with van der Waals surface area (Å²) in [5.41, 5.74) is 3.62. The first-order valence-electron chi connectivity index (χ1n) is 7.62. The third-order valence-electron chi connectivity index (χ3n) is 4.07. The molecule has 0 aromatic heterocycles. The normalized spacial score (nSPS) is 17.1. The number of hydrogen-bond donors (Lipinski definition) is 0. The van der Waals surface area contributed by atoms with Gasteiger partial charge in [-0.15, -0.1) is 0 Å². The first kappa shape index (κ1) is 13.1. The van der Waals surface area contributed by atoms with Gasteiger partial charge in [0.25, 0.3) is 0 Å². The number of hydrogen-bond acceptors (Lipinski definition) is 1. The Kier molecular flexibility index (Phi) is 4.27. The fraction of sp³-hybridized carbons (Fsp3) is 0.316. The van der Waals surface area contributed by atoms with Gasteiger partial charge in [0.15, 0.2) is 0 Å². The van der Waals surface area contributed by atoms with Gasteiger partial charge in [-0.25, -0.2) is 0 Å². The SMILES string of the molecule is c1ccc(N=C(c2ccccc2)C2CCCCC2)cc1. The predicted octanol–water partition coefficient (Wildman–Crippen LogP) is 5.39. The zero-order chi connectivity index (χ0) is 13.6. The van der Waals surface area contributed by atoms with Crippen LogP contribution in [0.4, 0.5) is 5.69 Å². The molecule has 1 aliphatic rings. The van der Waals surface area contributed by atoms with Crippen LogP contribution >= 0.6 is 0 Å². The van der Waals surface area contributed by atoms with Crippen molar-refractivity contribution in [3.05, 3.63) is 66.2 Å². The van der Waals surface area contributed by atoms with E-state index < -0.39 is 0 Å². The molecular weight excluding hydrogens is 242 g/mol. The van der Waals surface area contributed by atoms with E-state index >= 15 is 0 Å². The molecule has 0 amide bonds. The minimum Gasteiger partial charge on any atom is -0.253 e. The summed E-state index contributed by atoms with van der Waals surface area (Å²) in [5.74, 6) is 0.617. The Balaban J connectivity index is 1.97. The molecule has 1 nitrogen and oxygen atoms in total. The highest BCUT2D eigenvalue weighted by atomic mass is 14.8. The van der Waals surface area contributed by atoms with Gasteiger partial charge in [-0.1, -0.05) is 67.8 Å². The summed E-state index contributed by atoms with van der Waals surface area (Å²) in [7, 11) is 0. The fourth-order valence-corrected chi connectivity index (χ4v) is 3.02. The summed E-state index contributed by atoms with van der Waals surface area (Å²) >= 11 is 0. The molecule has 0 spiro atoms. The van der Waals surface area contributed by atoms with E-state index in [1.54, 1.807) is 0 Å². The zero-order valence-corrected chi connectivity index (χ0v) is 11.8. The Labute approximate surface area is 121 Å². The van der Waals surface area contributed by atoms with Crippen LogP contribution in [0.1, 0.15) is 37.7 Å². The molecule has 0 bridgehead atoms. The van der Waals surface area contributed by atoms with Crippen LogP contribution in [-0.2, 0) is 0 Å². The molecule has 0 saturated heterocycles. The van der Waals surface area contributed by atoms with Crippen LogP contribution in [0.25, 0.3) is 0 Å². The van der Waals surface area contributed by atoms with Gasteiger partial charge < -0.3 is 0 Å². The van der Waals surface area contributed by atoms with E-state index in [2.05, 4.69) is 54.6 Å². The van der Waals surface area contributed by atoms with E-state index in [1.165, 1.54) is 43.4 Å². The van der Waals surface area contributed by atoms with Crippen LogP contribution in [0, 0.1) is 5.92 Å². The smallest absolute Gasteiger partial charge is 0.0633 e. The molecule has 0 N–H and O–H groups in total. The molecule has 1 heteroatoms. The highest BCUT2D eigenvalue weighted by molar-refractivity contribution is 6.03. The van der Waals surface area contributed by atoms with Gasteiger partial charge in [-0.3, -0.25) is 4.99 Å². The second-order valence-electron chi connectivity index (χ2n) is 5.53. The average Bonchev–Trinajstić information content (AvgIpc) is 2.55. The van der Waals surface area contributed by atoms with Crippen molar-refractivity contribution in [3.8, 4) is 0 Å². The van der Waals surface area contributed by atoms with Gasteiger partial charge in [0, 0.05) is 5.92 Å². The van der Waals surface area contributed by atoms with Crippen molar-refractivity contribution in [2.24, 2.45) is 10.9 Å². The van der Waals surface area contributed by atoms with Crippen molar-refractivity contribution in [1.82, 2.24) is 0 Å². The Bertz CT molecular complexity index is 551. The molecule has 0 heterocycles. The van der Waals surface area contributed by atoms with Crippen molar-refractivity contribution in [2.45, 2.75) is 32.1 Å². The van der Waals surface area contributed by atoms with Crippen LogP contribution in [0.2, 0.25) is 0 Å². The summed E-state index contributed by atoms with van der Waals surface area (Å²) in [5, 5.41) is 0. The molecule has 0 atom stereocenters. The fourth-order valence-electron chi connectivity index (χ4n) is 3.02. The molecule has 3 rings (SSSR count). The van der Waals surface area contributed by atoms with Gasteiger partial charge in [0.05, 0.1) is 11.4 Å². The van der Waals surface area contributed by atoms with Gasteiger partial charge in [0.2, 0.25) is 0 Å². The number of nitrogens with zero attached hydrogens (tertiary/aromatic N) is 1. The molecule has 2 aromatic rings. The second kappa shape index (κ2) is 6.51. The lowest BCUT2D eigenvalue weighted by Gasteiger charge is -2.23. The van der Waals surface area contributed by atoms with E-state index in [9.17, 15) is 0 Å². The predicted molar refractivity (Wildman–Crippen MR) is 85.7 cm³/mol. The van der Waals surface area contributed by atoms with E-state index in [1.807, 2.05) is 6.07 Å². The third kappa shape index (κ3) is 3.16. The van der Waals surface area contributed by atoms with Gasteiger partial charge in [-0.05, 0) is 30.5 Å². The van der Waals surface area contributed by atoms with E-state index in [0.717, 1.165) is 5.69 Å². The molecule has 1 fully saturated rings. The van der Waals surface area contributed by atoms with E-state index in [0.29, 0.717) is 5.92 Å². The molecule has 20 heavy (non-hydrogen) atoms. The molecule has 1 aliphatic carbocycles. The summed E-state index contributed by atoms with van der Waals surface area (Å²) < 4.78 is 0. The van der Waals surface area contributed by atoms with Crippen LogP contribution in [0.5, 0.6) is 0 Å². The summed E-state index contributed by atoms with van der Waals surface area (Å²) in [6.45, 7) is 0. The highest BCUT2D eigenvalue weighted by Crippen LogP contribution is 2.29. The van der Waals surface area contributed by atoms with Crippen LogP contribution < -0.4 is 0 Å². The molecule has 0 aliphatic heterocycles. The van der Waals surface area contributed by atoms with Crippen molar-refractivity contribution in [2.75, 3.05) is 0 Å². The standard InChI is InChI=1S/C19H21N/c1-4-10-16(11-5-1)19(17-12-6-2-7-13-17)20-18-14-8-3-9-15-18/h1,3-5,8-11,14-15,17H,2,6-7,12-13H2. The first-order chi connectivity index (χ1) is 9.93. The molecule has 0 radical (unpaired) electrons. The van der Waals surface area contributed by atoms with Crippen LogP contribution in [0.3, 0.4) is 0 Å². The lowest BCUT2D eigenvalue weighted by Crippen LogP contribution is -2.18. The minimum atomic E-state index is 0.617. The molecular formula is C19H21N. The molecule has 0 unspecified atom stereocenters. The summed E-state index contributed by atoms with van der Waals surface area (Å²) in [4.78, 5) is 4.97. The lowest BCUT2D eigenvalue weighted by molar-refractivity contribution is 0.440. The van der Waals surface area contributed by atoms with Crippen LogP contribution in [0.15, 0.2) is 65.7 Å². The monoisotopic (exact) mass is 263 g/mol. The Morgan fingerprint density at radius 2 is 1.35 bits per heavy atom. The van der Waals surface area contributed by atoms with Crippen LogP contribution in [-0.4, -0.2) is 5.71 Å². The maximum absolute atomic E-state index is 4.97. The highest BCUT2D eigenvalue weighted by Gasteiger charge is 2.20. The number of benzene rings is 2. The minimum absolute atomic E-state index is 0.617. The topological polar surface area (TPSA) is 12.4 Å². The van der Waals surface area contributed by atoms with E-state index in [-0.39, 0.29) is 0 Å². The lowest BCUT2D eigenvalue weighted by atomic mass is 9.83. The largest absolute Gasteiger partial charge is 0.253 e. The van der Waals surface area contributed by atoms with Crippen molar-refractivity contribution < 1.29 is 0 Å². The Morgan fingerprint density at radius 3 is 2.00 bits per heavy atom. The summed E-state index contributed by atoms with van der Waals surface area (Å²) in [6, 6.07) is 21.0. The quantitative estimate of drug-likeness (QED) is 0.658. The van der Waals surface area contributed by atoms with E-state index in [4.69, 9.17) is 4.99 Å². The maximum Gasteiger partial charge on any atom is 0.0633 e. The van der Waals surface area contributed by atoms with Gasteiger partial charge in [-0.2, -0.15) is 0 Å². The Morgan fingerprint density at radius 1 is 0.750 bits per heavy atom. The molecule has 1 saturated carbocycles. The number of rotatable bonds is 3. The maximum atomic E-state index is 4.97. The second-order valence-corrected chi connectivity index (χ2v) is 5.53. The third-order valence-corrected chi connectivity index (χ3v) is 4.07.